The van der Waals surface area contributed by atoms with Gasteiger partial charge >= 0.3 is 0 Å². The number of amides is 1. The van der Waals surface area contributed by atoms with Gasteiger partial charge in [0.25, 0.3) is 11.5 Å². The molecule has 0 atom stereocenters. The molecule has 1 amide bonds. The second-order valence-corrected chi connectivity index (χ2v) is 6.05. The van der Waals surface area contributed by atoms with E-state index in [1.165, 1.54) is 4.68 Å². The van der Waals surface area contributed by atoms with Crippen molar-refractivity contribution in [2.45, 2.75) is 6.54 Å². The van der Waals surface area contributed by atoms with Crippen molar-refractivity contribution >= 4 is 16.7 Å². The maximum atomic E-state index is 12.4. The molecule has 0 radical (unpaired) electrons. The minimum Gasteiger partial charge on any atom is -0.355 e. The highest BCUT2D eigenvalue weighted by atomic mass is 16.5. The van der Waals surface area contributed by atoms with E-state index in [4.69, 9.17) is 4.52 Å². The van der Waals surface area contributed by atoms with Crippen molar-refractivity contribution in [1.82, 2.24) is 20.3 Å². The predicted molar refractivity (Wildman–Crippen MR) is 100 cm³/mol. The van der Waals surface area contributed by atoms with E-state index in [9.17, 15) is 9.59 Å². The van der Waals surface area contributed by atoms with Crippen LogP contribution < -0.4 is 10.9 Å². The number of rotatable bonds is 4. The standard InChI is InChI=1S/C20H16N4O3/c1-24-20(26)15-10-6-5-9-14(15)17(22-24)12-21-19(25)16-11-18(27-23-16)13-7-3-2-4-8-13/h2-11H,12H2,1H3,(H,21,25). The van der Waals surface area contributed by atoms with Crippen molar-refractivity contribution < 1.29 is 9.32 Å². The zero-order chi connectivity index (χ0) is 18.8. The summed E-state index contributed by atoms with van der Waals surface area (Å²) in [6.45, 7) is 0.168. The fraction of sp³-hybridized carbons (Fsp3) is 0.100. The molecule has 27 heavy (non-hydrogen) atoms. The fourth-order valence-corrected chi connectivity index (χ4v) is 2.88. The lowest BCUT2D eigenvalue weighted by molar-refractivity contribution is 0.0941. The van der Waals surface area contributed by atoms with E-state index >= 15 is 0 Å². The topological polar surface area (TPSA) is 90.0 Å². The minimum absolute atomic E-state index is 0.168. The fourth-order valence-electron chi connectivity index (χ4n) is 2.88. The van der Waals surface area contributed by atoms with E-state index in [1.807, 2.05) is 42.5 Å². The van der Waals surface area contributed by atoms with Crippen molar-refractivity contribution in [3.05, 3.63) is 82.4 Å². The van der Waals surface area contributed by atoms with E-state index in [0.717, 1.165) is 5.56 Å². The van der Waals surface area contributed by atoms with Crippen molar-refractivity contribution in [3.63, 3.8) is 0 Å². The molecule has 4 aromatic rings. The summed E-state index contributed by atoms with van der Waals surface area (Å²) in [4.78, 5) is 24.6. The lowest BCUT2D eigenvalue weighted by atomic mass is 10.1. The van der Waals surface area contributed by atoms with E-state index in [0.29, 0.717) is 22.2 Å². The summed E-state index contributed by atoms with van der Waals surface area (Å²) in [6, 6.07) is 18.2. The normalized spacial score (nSPS) is 10.9. The zero-order valence-electron chi connectivity index (χ0n) is 14.5. The van der Waals surface area contributed by atoms with Crippen LogP contribution in [0.3, 0.4) is 0 Å². The molecule has 0 aliphatic heterocycles. The third kappa shape index (κ3) is 3.22. The molecule has 0 fully saturated rings. The van der Waals surface area contributed by atoms with Gasteiger partial charge in [-0.2, -0.15) is 5.10 Å². The predicted octanol–water partition coefficient (Wildman–Crippen LogP) is 2.52. The first-order chi connectivity index (χ1) is 13.1. The summed E-state index contributed by atoms with van der Waals surface area (Å²) in [5.74, 6) is 0.145. The molecule has 0 saturated carbocycles. The Bertz CT molecular complexity index is 1180. The lowest BCUT2D eigenvalue weighted by Crippen LogP contribution is -2.27. The van der Waals surface area contributed by atoms with Crippen LogP contribution in [0.4, 0.5) is 0 Å². The van der Waals surface area contributed by atoms with Gasteiger partial charge in [0.05, 0.1) is 17.6 Å². The Kier molecular flexibility index (Phi) is 4.25. The van der Waals surface area contributed by atoms with Crippen LogP contribution in [0.5, 0.6) is 0 Å². The molecular formula is C20H16N4O3. The van der Waals surface area contributed by atoms with Crippen molar-refractivity contribution in [3.8, 4) is 11.3 Å². The molecule has 2 heterocycles. The van der Waals surface area contributed by atoms with Gasteiger partial charge < -0.3 is 9.84 Å². The minimum atomic E-state index is -0.374. The molecule has 4 rings (SSSR count). The first-order valence-corrected chi connectivity index (χ1v) is 8.39. The van der Waals surface area contributed by atoms with Gasteiger partial charge in [-0.15, -0.1) is 0 Å². The van der Waals surface area contributed by atoms with Gasteiger partial charge in [0.1, 0.15) is 0 Å². The van der Waals surface area contributed by atoms with Gasteiger partial charge in [-0.1, -0.05) is 53.7 Å². The van der Waals surface area contributed by atoms with Gasteiger partial charge in [-0.3, -0.25) is 9.59 Å². The lowest BCUT2D eigenvalue weighted by Gasteiger charge is -2.08. The maximum Gasteiger partial charge on any atom is 0.274 e. The maximum absolute atomic E-state index is 12.4. The van der Waals surface area contributed by atoms with E-state index in [1.54, 1.807) is 25.2 Å². The molecule has 0 bridgehead atoms. The van der Waals surface area contributed by atoms with E-state index in [-0.39, 0.29) is 23.7 Å². The highest BCUT2D eigenvalue weighted by molar-refractivity contribution is 5.93. The summed E-state index contributed by atoms with van der Waals surface area (Å²) in [6.07, 6.45) is 0. The third-order valence-corrected chi connectivity index (χ3v) is 4.25. The van der Waals surface area contributed by atoms with Crippen molar-refractivity contribution in [2.24, 2.45) is 7.05 Å². The summed E-state index contributed by atoms with van der Waals surface area (Å²) in [7, 11) is 1.59. The highest BCUT2D eigenvalue weighted by Gasteiger charge is 2.15. The van der Waals surface area contributed by atoms with Crippen LogP contribution in [0.2, 0.25) is 0 Å². The van der Waals surface area contributed by atoms with E-state index in [2.05, 4.69) is 15.6 Å². The van der Waals surface area contributed by atoms with Crippen LogP contribution in [-0.2, 0) is 13.6 Å². The monoisotopic (exact) mass is 360 g/mol. The summed E-state index contributed by atoms with van der Waals surface area (Å²) >= 11 is 0. The average Bonchev–Trinajstić information content (AvgIpc) is 3.20. The van der Waals surface area contributed by atoms with Crippen LogP contribution in [0, 0.1) is 0 Å². The van der Waals surface area contributed by atoms with E-state index < -0.39 is 0 Å². The largest absolute Gasteiger partial charge is 0.355 e. The smallest absolute Gasteiger partial charge is 0.274 e. The van der Waals surface area contributed by atoms with Gasteiger partial charge in [0.15, 0.2) is 11.5 Å². The molecule has 0 spiro atoms. The number of nitrogens with one attached hydrogen (secondary N) is 1. The zero-order valence-corrected chi connectivity index (χ0v) is 14.5. The molecule has 2 aromatic heterocycles. The van der Waals surface area contributed by atoms with Gasteiger partial charge in [0, 0.05) is 24.1 Å². The number of aryl methyl sites for hydroxylation is 1. The Morgan fingerprint density at radius 3 is 2.56 bits per heavy atom. The van der Waals surface area contributed by atoms with Gasteiger partial charge in [0.2, 0.25) is 0 Å². The third-order valence-electron chi connectivity index (χ3n) is 4.25. The molecule has 0 aliphatic carbocycles. The molecule has 1 N–H and O–H groups in total. The Balaban J connectivity index is 1.55. The Labute approximate surface area is 154 Å². The number of benzene rings is 2. The number of carbonyl (C=O) groups is 1. The molecule has 0 saturated heterocycles. The number of hydrogen-bond acceptors (Lipinski definition) is 5. The molecule has 2 aromatic carbocycles. The van der Waals surface area contributed by atoms with Crippen molar-refractivity contribution in [2.75, 3.05) is 0 Å². The number of aromatic nitrogens is 3. The second kappa shape index (κ2) is 6.87. The van der Waals surface area contributed by atoms with Crippen molar-refractivity contribution in [1.29, 1.82) is 0 Å². The van der Waals surface area contributed by atoms with Crippen LogP contribution in [0.15, 0.2) is 70.0 Å². The number of carbonyl (C=O) groups excluding carboxylic acids is 1. The van der Waals surface area contributed by atoms with Crippen LogP contribution in [0.1, 0.15) is 16.2 Å². The number of hydrogen-bond donors (Lipinski definition) is 1. The number of fused-ring (bicyclic) bond motifs is 1. The van der Waals surface area contributed by atoms with Gasteiger partial charge in [-0.25, -0.2) is 4.68 Å². The summed E-state index contributed by atoms with van der Waals surface area (Å²) < 4.78 is 6.53. The molecular weight excluding hydrogens is 344 g/mol. The molecule has 7 heteroatoms. The highest BCUT2D eigenvalue weighted by Crippen LogP contribution is 2.19. The quantitative estimate of drug-likeness (QED) is 0.604. The first-order valence-electron chi connectivity index (χ1n) is 8.39. The molecule has 0 unspecified atom stereocenters. The molecule has 0 aliphatic rings. The molecule has 7 nitrogen and oxygen atoms in total. The first kappa shape index (κ1) is 16.7. The number of nitrogens with zero attached hydrogens (tertiary/aromatic N) is 3. The Morgan fingerprint density at radius 2 is 1.78 bits per heavy atom. The van der Waals surface area contributed by atoms with Crippen LogP contribution in [0.25, 0.3) is 22.1 Å². The average molecular weight is 360 g/mol. The SMILES string of the molecule is Cn1nc(CNC(=O)c2cc(-c3ccccc3)on2)c2ccccc2c1=O. The second-order valence-electron chi connectivity index (χ2n) is 6.05. The molecule has 134 valence electrons. The van der Waals surface area contributed by atoms with Crippen LogP contribution >= 0.6 is 0 Å². The Morgan fingerprint density at radius 1 is 1.07 bits per heavy atom. The summed E-state index contributed by atoms with van der Waals surface area (Å²) in [5.41, 5.74) is 1.45. The van der Waals surface area contributed by atoms with Gasteiger partial charge in [-0.05, 0) is 6.07 Å². The Hall–Kier alpha value is -3.74. The summed E-state index contributed by atoms with van der Waals surface area (Å²) in [5, 5.41) is 12.2. The van der Waals surface area contributed by atoms with Crippen LogP contribution in [-0.4, -0.2) is 20.8 Å².